The fourth-order valence-electron chi connectivity index (χ4n) is 2.43. The highest BCUT2D eigenvalue weighted by Gasteiger charge is 2.26. The Morgan fingerprint density at radius 2 is 2.14 bits per heavy atom. The fourth-order valence-corrected chi connectivity index (χ4v) is 2.43. The van der Waals surface area contributed by atoms with Crippen molar-refractivity contribution >= 4 is 22.7 Å². The van der Waals surface area contributed by atoms with Gasteiger partial charge in [-0.05, 0) is 19.1 Å². The Balaban J connectivity index is 1.94. The highest BCUT2D eigenvalue weighted by molar-refractivity contribution is 6.00. The minimum atomic E-state index is -0.146. The Labute approximate surface area is 122 Å². The number of hydrogen-bond donors (Lipinski definition) is 0. The molecule has 2 aromatic rings. The summed E-state index contributed by atoms with van der Waals surface area (Å²) in [7, 11) is 1.75. The third kappa shape index (κ3) is 2.44. The second-order valence-electron chi connectivity index (χ2n) is 5.23. The zero-order valence-electron chi connectivity index (χ0n) is 12.0. The van der Waals surface area contributed by atoms with Crippen molar-refractivity contribution in [3.05, 3.63) is 35.8 Å². The van der Waals surface area contributed by atoms with Crippen molar-refractivity contribution in [2.45, 2.75) is 6.92 Å². The number of amides is 2. The van der Waals surface area contributed by atoms with E-state index >= 15 is 0 Å². The fraction of sp³-hybridized carbons (Fsp3) is 0.333. The molecule has 0 saturated carbocycles. The number of nitrogens with zero attached hydrogens (tertiary/aromatic N) is 4. The molecule has 0 aliphatic carbocycles. The normalized spacial score (nSPS) is 15.6. The summed E-state index contributed by atoms with van der Waals surface area (Å²) >= 11 is 0. The number of likely N-dealkylation sites (N-methyl/N-ethyl adjacent to an activating group) is 1. The van der Waals surface area contributed by atoms with Gasteiger partial charge in [-0.25, -0.2) is 0 Å². The van der Waals surface area contributed by atoms with E-state index in [-0.39, 0.29) is 18.4 Å². The summed E-state index contributed by atoms with van der Waals surface area (Å²) in [5, 5.41) is 0.826. The Hall–Kier alpha value is -2.50. The molecule has 6 heteroatoms. The molecule has 0 unspecified atom stereocenters. The van der Waals surface area contributed by atoms with Gasteiger partial charge in [-0.1, -0.05) is 0 Å². The number of aryl methyl sites for hydroxylation is 1. The number of carbonyl (C=O) groups is 2. The Morgan fingerprint density at radius 3 is 2.90 bits per heavy atom. The lowest BCUT2D eigenvalue weighted by Gasteiger charge is -2.32. The van der Waals surface area contributed by atoms with Crippen molar-refractivity contribution in [3.8, 4) is 0 Å². The predicted molar refractivity (Wildman–Crippen MR) is 77.8 cm³/mol. The van der Waals surface area contributed by atoms with Crippen LogP contribution in [0.5, 0.6) is 0 Å². The van der Waals surface area contributed by atoms with E-state index in [1.807, 2.05) is 13.0 Å². The van der Waals surface area contributed by atoms with E-state index in [9.17, 15) is 9.59 Å². The molecule has 0 radical (unpaired) electrons. The first kappa shape index (κ1) is 13.5. The summed E-state index contributed by atoms with van der Waals surface area (Å²) in [6.45, 7) is 3.04. The maximum Gasteiger partial charge on any atom is 0.256 e. The van der Waals surface area contributed by atoms with Gasteiger partial charge >= 0.3 is 0 Å². The van der Waals surface area contributed by atoms with Crippen LogP contribution in [0.3, 0.4) is 0 Å². The van der Waals surface area contributed by atoms with Crippen molar-refractivity contribution in [3.63, 3.8) is 0 Å². The largest absolute Gasteiger partial charge is 0.342 e. The topological polar surface area (TPSA) is 66.4 Å². The van der Waals surface area contributed by atoms with Gasteiger partial charge in [0.05, 0.1) is 16.8 Å². The van der Waals surface area contributed by atoms with Gasteiger partial charge in [0.2, 0.25) is 5.91 Å². The number of aromatic nitrogens is 2. The van der Waals surface area contributed by atoms with Crippen molar-refractivity contribution in [1.29, 1.82) is 0 Å². The summed E-state index contributed by atoms with van der Waals surface area (Å²) in [6.07, 6.45) is 3.36. The van der Waals surface area contributed by atoms with Crippen LogP contribution in [0.15, 0.2) is 24.5 Å². The lowest BCUT2D eigenvalue weighted by molar-refractivity contribution is -0.133. The van der Waals surface area contributed by atoms with Crippen molar-refractivity contribution in [2.75, 3.05) is 26.7 Å². The summed E-state index contributed by atoms with van der Waals surface area (Å²) in [4.78, 5) is 36.1. The minimum Gasteiger partial charge on any atom is -0.342 e. The van der Waals surface area contributed by atoms with Crippen LogP contribution in [0.4, 0.5) is 0 Å². The Morgan fingerprint density at radius 1 is 1.33 bits per heavy atom. The molecule has 108 valence electrons. The van der Waals surface area contributed by atoms with Crippen molar-refractivity contribution < 1.29 is 9.59 Å². The van der Waals surface area contributed by atoms with Crippen molar-refractivity contribution in [1.82, 2.24) is 19.8 Å². The third-order valence-corrected chi connectivity index (χ3v) is 3.78. The predicted octanol–water partition coefficient (Wildman–Crippen LogP) is 0.852. The van der Waals surface area contributed by atoms with Crippen LogP contribution in [0.25, 0.3) is 10.9 Å². The molecular formula is C15H16N4O2. The van der Waals surface area contributed by atoms with Crippen LogP contribution in [0.2, 0.25) is 0 Å². The van der Waals surface area contributed by atoms with Gasteiger partial charge < -0.3 is 9.80 Å². The van der Waals surface area contributed by atoms with Gasteiger partial charge in [-0.2, -0.15) is 0 Å². The molecule has 1 aliphatic heterocycles. The molecule has 0 atom stereocenters. The van der Waals surface area contributed by atoms with E-state index < -0.39 is 0 Å². The number of rotatable bonds is 1. The van der Waals surface area contributed by atoms with E-state index in [1.165, 1.54) is 0 Å². The molecule has 0 aromatic carbocycles. The second-order valence-corrected chi connectivity index (χ2v) is 5.23. The van der Waals surface area contributed by atoms with E-state index in [4.69, 9.17) is 0 Å². The van der Waals surface area contributed by atoms with Crippen LogP contribution in [0.1, 0.15) is 16.1 Å². The number of pyridine rings is 2. The summed E-state index contributed by atoms with van der Waals surface area (Å²) < 4.78 is 0. The van der Waals surface area contributed by atoms with Gasteiger partial charge in [0, 0.05) is 37.9 Å². The third-order valence-electron chi connectivity index (χ3n) is 3.78. The highest BCUT2D eigenvalue weighted by Crippen LogP contribution is 2.17. The second kappa shape index (κ2) is 5.12. The van der Waals surface area contributed by atoms with E-state index in [1.54, 1.807) is 35.3 Å². The quantitative estimate of drug-likeness (QED) is 0.778. The van der Waals surface area contributed by atoms with Gasteiger partial charge in [0.15, 0.2) is 0 Å². The number of hydrogen-bond acceptors (Lipinski definition) is 4. The van der Waals surface area contributed by atoms with E-state index in [0.717, 1.165) is 10.9 Å². The molecule has 3 rings (SSSR count). The zero-order chi connectivity index (χ0) is 15.0. The van der Waals surface area contributed by atoms with Gasteiger partial charge in [0.25, 0.3) is 5.91 Å². The standard InChI is InChI=1S/C15H16N4O2/c1-10-12(7-11-8-16-4-3-13(11)17-10)15(21)19-6-5-18(2)14(20)9-19/h3-4,7-8H,5-6,9H2,1-2H3. The lowest BCUT2D eigenvalue weighted by atomic mass is 10.1. The summed E-state index contributed by atoms with van der Waals surface area (Å²) in [6, 6.07) is 3.62. The van der Waals surface area contributed by atoms with Gasteiger partial charge in [-0.3, -0.25) is 19.6 Å². The van der Waals surface area contributed by atoms with Crippen molar-refractivity contribution in [2.24, 2.45) is 0 Å². The van der Waals surface area contributed by atoms with E-state index in [2.05, 4.69) is 9.97 Å². The molecule has 21 heavy (non-hydrogen) atoms. The molecule has 2 aromatic heterocycles. The monoisotopic (exact) mass is 284 g/mol. The lowest BCUT2D eigenvalue weighted by Crippen LogP contribution is -2.50. The Bertz CT molecular complexity index is 729. The SMILES string of the molecule is Cc1nc2ccncc2cc1C(=O)N1CCN(C)C(=O)C1. The first-order valence-electron chi connectivity index (χ1n) is 6.81. The molecule has 3 heterocycles. The van der Waals surface area contributed by atoms with Crippen LogP contribution < -0.4 is 0 Å². The molecule has 1 aliphatic rings. The average molecular weight is 284 g/mol. The first-order chi connectivity index (χ1) is 10.1. The number of fused-ring (bicyclic) bond motifs is 1. The summed E-state index contributed by atoms with van der Waals surface area (Å²) in [5.41, 5.74) is 2.02. The van der Waals surface area contributed by atoms with Crippen LogP contribution in [-0.4, -0.2) is 58.3 Å². The molecule has 0 bridgehead atoms. The molecule has 0 N–H and O–H groups in total. The maximum absolute atomic E-state index is 12.6. The van der Waals surface area contributed by atoms with Crippen LogP contribution >= 0.6 is 0 Å². The van der Waals surface area contributed by atoms with Gasteiger partial charge in [-0.15, -0.1) is 0 Å². The maximum atomic E-state index is 12.6. The zero-order valence-corrected chi connectivity index (χ0v) is 12.0. The summed E-state index contributed by atoms with van der Waals surface area (Å²) in [5.74, 6) is -0.185. The molecule has 1 saturated heterocycles. The van der Waals surface area contributed by atoms with Gasteiger partial charge in [0.1, 0.15) is 6.54 Å². The highest BCUT2D eigenvalue weighted by atomic mass is 16.2. The smallest absolute Gasteiger partial charge is 0.256 e. The molecule has 6 nitrogen and oxygen atoms in total. The molecule has 1 fully saturated rings. The van der Waals surface area contributed by atoms with Crippen LogP contribution in [0, 0.1) is 6.92 Å². The van der Waals surface area contributed by atoms with Crippen LogP contribution in [-0.2, 0) is 4.79 Å². The first-order valence-corrected chi connectivity index (χ1v) is 6.81. The average Bonchev–Trinajstić information content (AvgIpc) is 2.48. The molecular weight excluding hydrogens is 268 g/mol. The number of piperazine rings is 1. The van der Waals surface area contributed by atoms with E-state index in [0.29, 0.717) is 24.3 Å². The number of carbonyl (C=O) groups excluding carboxylic acids is 2. The Kier molecular flexibility index (Phi) is 3.29. The molecule has 2 amide bonds. The minimum absolute atomic E-state index is 0.0392. The molecule has 0 spiro atoms.